The molecule has 0 bridgehead atoms. The smallest absolute Gasteiger partial charge is 0.294 e. The van der Waals surface area contributed by atoms with Gasteiger partial charge in [-0.05, 0) is 103 Å². The summed E-state index contributed by atoms with van der Waals surface area (Å²) in [5.41, 5.74) is 5.51. The summed E-state index contributed by atoms with van der Waals surface area (Å²) in [6.07, 6.45) is 13.5. The number of anilines is 2. The molecule has 55 heavy (non-hydrogen) atoms. The molecule has 14 nitrogen and oxygen atoms in total. The Morgan fingerprint density at radius 2 is 1.47 bits per heavy atom. The van der Waals surface area contributed by atoms with Crippen molar-refractivity contribution in [3.8, 4) is 0 Å². The summed E-state index contributed by atoms with van der Waals surface area (Å²) in [5.74, 6) is -0.682. The molecule has 4 N–H and O–H groups in total. The van der Waals surface area contributed by atoms with E-state index in [-0.39, 0.29) is 34.3 Å². The lowest BCUT2D eigenvalue weighted by Gasteiger charge is -2.32. The van der Waals surface area contributed by atoms with E-state index in [2.05, 4.69) is 46.3 Å². The Morgan fingerprint density at radius 1 is 0.818 bits per heavy atom. The van der Waals surface area contributed by atoms with Crippen LogP contribution in [0.5, 0.6) is 0 Å². The summed E-state index contributed by atoms with van der Waals surface area (Å²) in [5, 5.41) is 12.4. The highest BCUT2D eigenvalue weighted by molar-refractivity contribution is 7.94. The predicted molar refractivity (Wildman–Crippen MR) is 212 cm³/mol. The molecule has 2 aromatic rings. The van der Waals surface area contributed by atoms with Crippen LogP contribution >= 0.6 is 12.0 Å². The molecule has 0 fully saturated rings. The molecule has 0 saturated carbocycles. The zero-order chi connectivity index (χ0) is 40.4. The highest BCUT2D eigenvalue weighted by Crippen LogP contribution is 2.49. The van der Waals surface area contributed by atoms with Gasteiger partial charge in [-0.2, -0.15) is 25.3 Å². The van der Waals surface area contributed by atoms with Crippen LogP contribution in [-0.4, -0.2) is 74.8 Å². The second kappa shape index (κ2) is 16.8. The van der Waals surface area contributed by atoms with Crippen LogP contribution in [-0.2, 0) is 50.6 Å². The van der Waals surface area contributed by atoms with Crippen LogP contribution in [0.25, 0.3) is 0 Å². The number of nitrogens with zero attached hydrogens (tertiary/aromatic N) is 2. The van der Waals surface area contributed by atoms with Crippen molar-refractivity contribution < 1.29 is 53.5 Å². The van der Waals surface area contributed by atoms with Crippen LogP contribution in [0.2, 0.25) is 0 Å². The van der Waals surface area contributed by atoms with E-state index in [4.69, 9.17) is 5.26 Å². The maximum atomic E-state index is 12.0. The summed E-state index contributed by atoms with van der Waals surface area (Å²) in [7, 11) is -12.6. The van der Waals surface area contributed by atoms with E-state index < -0.39 is 35.8 Å². The molecule has 0 saturated heterocycles. The van der Waals surface area contributed by atoms with Crippen molar-refractivity contribution in [2.75, 3.05) is 34.4 Å². The van der Waals surface area contributed by atoms with Gasteiger partial charge in [0.25, 0.3) is 30.4 Å². The number of allylic oxidation sites excluding steroid dienone is 7. The van der Waals surface area contributed by atoms with Crippen molar-refractivity contribution in [1.82, 2.24) is 0 Å². The minimum atomic E-state index is -4.44. The summed E-state index contributed by atoms with van der Waals surface area (Å²) < 4.78 is 102. The average molecular weight is 841 g/mol. The number of hydrogen-bond donors (Lipinski definition) is 4. The Morgan fingerprint density at radius 3 is 2.11 bits per heavy atom. The fourth-order valence-corrected chi connectivity index (χ4v) is 9.75. The van der Waals surface area contributed by atoms with E-state index >= 15 is 0 Å². The lowest BCUT2D eigenvalue weighted by atomic mass is 9.80. The van der Waals surface area contributed by atoms with Gasteiger partial charge < -0.3 is 9.80 Å². The molecular weight excluding hydrogens is 793 g/mol. The Labute approximate surface area is 327 Å². The number of benzene rings is 2. The van der Waals surface area contributed by atoms with Crippen LogP contribution in [0.3, 0.4) is 0 Å². The Kier molecular flexibility index (Phi) is 13.2. The highest BCUT2D eigenvalue weighted by atomic mass is 32.2. The topological polar surface area (TPSA) is 208 Å². The maximum absolute atomic E-state index is 12.0. The Bertz CT molecular complexity index is 2230. The largest absolute Gasteiger partial charge is 0.364 e. The predicted octanol–water partition coefficient (Wildman–Crippen LogP) is 7.05. The fourth-order valence-electron chi connectivity index (χ4n) is 7.70. The van der Waals surface area contributed by atoms with E-state index in [1.54, 1.807) is 6.07 Å². The fraction of sp³-hybridized carbons (Fsp3) is 0.459. The van der Waals surface area contributed by atoms with E-state index in [9.17, 15) is 38.9 Å². The van der Waals surface area contributed by atoms with Gasteiger partial charge in [-0.3, -0.25) is 13.7 Å². The van der Waals surface area contributed by atoms with Gasteiger partial charge in [-0.25, -0.2) is 5.26 Å². The second-order valence-corrected chi connectivity index (χ2v) is 20.4. The summed E-state index contributed by atoms with van der Waals surface area (Å²) >= 11 is 0.873. The minimum Gasteiger partial charge on any atom is -0.364 e. The van der Waals surface area contributed by atoms with E-state index in [1.165, 1.54) is 12.1 Å². The van der Waals surface area contributed by atoms with Crippen LogP contribution in [0.1, 0.15) is 77.3 Å². The van der Waals surface area contributed by atoms with Gasteiger partial charge >= 0.3 is 0 Å². The molecule has 0 aromatic heterocycles. The van der Waals surface area contributed by atoms with Gasteiger partial charge in [-0.15, -0.1) is 4.33 Å². The molecule has 1 atom stereocenters. The Balaban J connectivity index is 1.41. The Hall–Kier alpha value is -3.04. The van der Waals surface area contributed by atoms with E-state index in [0.717, 1.165) is 63.6 Å². The van der Waals surface area contributed by atoms with Crippen LogP contribution in [0.15, 0.2) is 93.4 Å². The van der Waals surface area contributed by atoms with E-state index in [0.29, 0.717) is 37.9 Å². The van der Waals surface area contributed by atoms with Gasteiger partial charge in [0.05, 0.1) is 34.5 Å². The molecule has 5 rings (SSSR count). The van der Waals surface area contributed by atoms with Gasteiger partial charge in [-0.1, -0.05) is 57.0 Å². The lowest BCUT2D eigenvalue weighted by Crippen LogP contribution is -2.40. The zero-order valence-electron chi connectivity index (χ0n) is 31.1. The standard InChI is InChI=1S/C37H48N2O12S4/c1-36(2)30-24-28(52-51-50-40)13-15-32(30)38(19-5-7-21-53(41,42)43)34(36)17-11-26-9-10-27(23-26)12-18-35-37(3,4)31-25-29(55(47,48)49)14-16-33(31)39(35)20-6-8-22-54(44,45)46/h11-18,23-25,34,40H,5-10,19-22H2,1-4H3,(H,41,42,43)(H,44,45,46)(H,47,48,49)/b17-11?,27-12?,35-18+. The monoisotopic (exact) mass is 840 g/mol. The molecule has 18 heteroatoms. The third-order valence-corrected chi connectivity index (χ3v) is 13.5. The molecule has 2 heterocycles. The van der Waals surface area contributed by atoms with Crippen LogP contribution in [0.4, 0.5) is 11.4 Å². The number of fused-ring (bicyclic) bond motifs is 2. The molecular formula is C37H48N2O12S4. The van der Waals surface area contributed by atoms with Crippen molar-refractivity contribution in [3.63, 3.8) is 0 Å². The van der Waals surface area contributed by atoms with Crippen molar-refractivity contribution in [2.24, 2.45) is 0 Å². The SMILES string of the molecule is CC1(C)/C(=C\C=C2C=C(C=CC3N(CCCCS(=O)(=O)O)c4ccc(SOOO)cc4C3(C)C)CC2)N(CCCCS(=O)(=O)O)c2ccc(S(=O)(=O)O)cc21. The second-order valence-electron chi connectivity index (χ2n) is 15.1. The molecule has 1 aliphatic carbocycles. The van der Waals surface area contributed by atoms with Crippen molar-refractivity contribution in [1.29, 1.82) is 0 Å². The molecule has 0 amide bonds. The molecule has 0 radical (unpaired) electrons. The van der Waals surface area contributed by atoms with Gasteiger partial charge in [0, 0.05) is 45.9 Å². The lowest BCUT2D eigenvalue weighted by molar-refractivity contribution is -0.432. The minimum absolute atomic E-state index is 0.0978. The summed E-state index contributed by atoms with van der Waals surface area (Å²) in [6.45, 7) is 9.16. The van der Waals surface area contributed by atoms with Gasteiger partial charge in [0.15, 0.2) is 0 Å². The average Bonchev–Trinajstić information content (AvgIpc) is 3.69. The third kappa shape index (κ3) is 10.5. The third-order valence-electron chi connectivity index (χ3n) is 10.5. The van der Waals surface area contributed by atoms with Crippen molar-refractivity contribution in [3.05, 3.63) is 94.7 Å². The first-order valence-electron chi connectivity index (χ1n) is 17.8. The maximum Gasteiger partial charge on any atom is 0.294 e. The number of unbranched alkanes of at least 4 members (excludes halogenated alkanes) is 2. The van der Waals surface area contributed by atoms with Crippen LogP contribution < -0.4 is 9.80 Å². The quantitative estimate of drug-likeness (QED) is 0.0414. The summed E-state index contributed by atoms with van der Waals surface area (Å²) in [4.78, 5) is 4.78. The van der Waals surface area contributed by atoms with Crippen LogP contribution in [0, 0.1) is 0 Å². The zero-order valence-corrected chi connectivity index (χ0v) is 34.3. The molecule has 302 valence electrons. The summed E-state index contributed by atoms with van der Waals surface area (Å²) in [6, 6.07) is 10.2. The number of rotatable bonds is 17. The molecule has 3 aliphatic rings. The molecule has 2 aliphatic heterocycles. The molecule has 0 spiro atoms. The first-order valence-corrected chi connectivity index (χ1v) is 23.2. The van der Waals surface area contributed by atoms with Gasteiger partial charge in [0.1, 0.15) is 0 Å². The number of hydrogen-bond acceptors (Lipinski definition) is 12. The van der Waals surface area contributed by atoms with Crippen molar-refractivity contribution in [2.45, 2.75) is 92.9 Å². The van der Waals surface area contributed by atoms with Gasteiger partial charge in [0.2, 0.25) is 0 Å². The molecule has 1 unspecified atom stereocenters. The first-order chi connectivity index (χ1) is 25.6. The molecule has 2 aromatic carbocycles. The van der Waals surface area contributed by atoms with E-state index in [1.807, 2.05) is 49.1 Å². The highest BCUT2D eigenvalue weighted by Gasteiger charge is 2.43. The first kappa shape index (κ1) is 43.1. The normalized spacial score (nSPS) is 20.9. The van der Waals surface area contributed by atoms with Crippen molar-refractivity contribution >= 4 is 53.8 Å².